The lowest BCUT2D eigenvalue weighted by Crippen LogP contribution is -2.21. The van der Waals surface area contributed by atoms with E-state index in [2.05, 4.69) is 32.4 Å². The summed E-state index contributed by atoms with van der Waals surface area (Å²) in [4.78, 5) is 9.31. The highest BCUT2D eigenvalue weighted by Gasteiger charge is 2.09. The molecule has 0 fully saturated rings. The third-order valence-electron chi connectivity index (χ3n) is 4.57. The summed E-state index contributed by atoms with van der Waals surface area (Å²) in [6.45, 7) is 3.73. The van der Waals surface area contributed by atoms with Crippen molar-refractivity contribution in [2.75, 3.05) is 24.4 Å². The van der Waals surface area contributed by atoms with E-state index in [9.17, 15) is 9.32 Å². The number of nitrogens with one attached hydrogen (secondary N) is 3. The van der Waals surface area contributed by atoms with Crippen LogP contribution in [0, 0.1) is 23.5 Å². The molecular formula is C23H25N5O3S. The number of anilines is 3. The van der Waals surface area contributed by atoms with Gasteiger partial charge in [0.05, 0.1) is 36.1 Å². The average molecular weight is 452 g/mol. The van der Waals surface area contributed by atoms with Gasteiger partial charge in [0.25, 0.3) is 0 Å². The molecule has 0 amide bonds. The van der Waals surface area contributed by atoms with Crippen molar-refractivity contribution in [2.24, 2.45) is 0 Å². The van der Waals surface area contributed by atoms with Crippen molar-refractivity contribution in [2.45, 2.75) is 24.8 Å². The molecule has 0 saturated heterocycles. The Morgan fingerprint density at radius 1 is 1.19 bits per heavy atom. The number of aliphatic hydroxyl groups is 1. The van der Waals surface area contributed by atoms with Gasteiger partial charge >= 0.3 is 0 Å². The minimum Gasteiger partial charge on any atom is -0.497 e. The highest BCUT2D eigenvalue weighted by atomic mass is 32.2. The zero-order valence-electron chi connectivity index (χ0n) is 18.0. The topological polar surface area (TPSA) is 120 Å². The second-order valence-electron chi connectivity index (χ2n) is 7.08. The normalized spacial score (nSPS) is 12.2. The van der Waals surface area contributed by atoms with Crippen LogP contribution in [-0.2, 0) is 10.6 Å². The predicted octanol–water partition coefficient (Wildman–Crippen LogP) is 3.33. The van der Waals surface area contributed by atoms with E-state index in [1.165, 1.54) is 0 Å². The maximum Gasteiger partial charge on any atom is 0.229 e. The maximum absolute atomic E-state index is 11.3. The molecule has 0 spiro atoms. The van der Waals surface area contributed by atoms with E-state index in [-0.39, 0.29) is 12.6 Å². The fourth-order valence-electron chi connectivity index (χ4n) is 2.77. The Bertz CT molecular complexity index is 1220. The van der Waals surface area contributed by atoms with E-state index in [0.717, 1.165) is 16.9 Å². The monoisotopic (exact) mass is 451 g/mol. The molecule has 0 bridgehead atoms. The molecule has 2 atom stereocenters. The van der Waals surface area contributed by atoms with Crippen molar-refractivity contribution < 1.29 is 14.1 Å². The third kappa shape index (κ3) is 5.97. The van der Waals surface area contributed by atoms with Gasteiger partial charge in [-0.1, -0.05) is 11.8 Å². The number of aryl methyl sites for hydroxylation is 1. The van der Waals surface area contributed by atoms with Crippen molar-refractivity contribution in [3.05, 3.63) is 65.4 Å². The predicted molar refractivity (Wildman–Crippen MR) is 126 cm³/mol. The van der Waals surface area contributed by atoms with Crippen molar-refractivity contribution in [1.82, 2.24) is 9.97 Å². The summed E-state index contributed by atoms with van der Waals surface area (Å²) < 4.78 is 23.8. The number of hydrogen-bond donors (Lipinski definition) is 5. The molecule has 166 valence electrons. The zero-order chi connectivity index (χ0) is 23.1. The summed E-state index contributed by atoms with van der Waals surface area (Å²) in [6, 6.07) is 12.1. The van der Waals surface area contributed by atoms with Crippen LogP contribution in [0.5, 0.6) is 5.75 Å². The Kier molecular flexibility index (Phi) is 7.65. The van der Waals surface area contributed by atoms with Gasteiger partial charge in [-0.25, -0.2) is 9.19 Å². The largest absolute Gasteiger partial charge is 0.497 e. The van der Waals surface area contributed by atoms with E-state index < -0.39 is 10.6 Å². The molecule has 3 rings (SSSR count). The van der Waals surface area contributed by atoms with Crippen LogP contribution in [0.15, 0.2) is 53.6 Å². The van der Waals surface area contributed by atoms with E-state index in [0.29, 0.717) is 27.9 Å². The first-order valence-corrected chi connectivity index (χ1v) is 11.1. The summed E-state index contributed by atoms with van der Waals surface area (Å²) in [6.07, 6.45) is 1.61. The Hall–Kier alpha value is -3.61. The van der Waals surface area contributed by atoms with Crippen LogP contribution >= 0.6 is 0 Å². The van der Waals surface area contributed by atoms with Gasteiger partial charge in [0.15, 0.2) is 0 Å². The first-order valence-electron chi connectivity index (χ1n) is 9.86. The summed E-state index contributed by atoms with van der Waals surface area (Å²) in [5, 5.41) is 15.7. The summed E-state index contributed by atoms with van der Waals surface area (Å²) in [7, 11) is -0.509. The Morgan fingerprint density at radius 2 is 1.91 bits per heavy atom. The van der Waals surface area contributed by atoms with Gasteiger partial charge in [0.2, 0.25) is 5.95 Å². The molecule has 0 aliphatic heterocycles. The second-order valence-corrected chi connectivity index (χ2v) is 8.19. The third-order valence-corrected chi connectivity index (χ3v) is 5.34. The number of nitrogens with zero attached hydrogens (tertiary/aromatic N) is 2. The van der Waals surface area contributed by atoms with Gasteiger partial charge in [-0.05, 0) is 61.9 Å². The Balaban J connectivity index is 1.90. The first kappa shape index (κ1) is 23.1. The molecule has 4 N–H and O–H groups in total. The summed E-state index contributed by atoms with van der Waals surface area (Å²) >= 11 is 0. The molecular weight excluding hydrogens is 426 g/mol. The minimum absolute atomic E-state index is 0.0655. The van der Waals surface area contributed by atoms with E-state index in [1.54, 1.807) is 37.6 Å². The van der Waals surface area contributed by atoms with Gasteiger partial charge < -0.3 is 20.5 Å². The number of ether oxygens (including phenoxy) is 1. The lowest BCUT2D eigenvalue weighted by molar-refractivity contribution is 0.281. The number of rotatable bonds is 7. The molecule has 1 unspecified atom stereocenters. The summed E-state index contributed by atoms with van der Waals surface area (Å²) in [5.41, 5.74) is 3.14. The van der Waals surface area contributed by atoms with Crippen LogP contribution in [0.25, 0.3) is 0 Å². The molecule has 1 heterocycles. The first-order chi connectivity index (χ1) is 15.4. The molecule has 1 aromatic heterocycles. The zero-order valence-corrected chi connectivity index (χ0v) is 18.9. The van der Waals surface area contributed by atoms with Crippen molar-refractivity contribution in [1.29, 1.82) is 4.78 Å². The molecule has 0 aliphatic rings. The van der Waals surface area contributed by atoms with Crippen LogP contribution in [0.2, 0.25) is 0 Å². The molecule has 8 nitrogen and oxygen atoms in total. The number of aliphatic hydroxyl groups excluding tert-OH is 1. The number of aromatic nitrogens is 2. The standard InChI is InChI=1S/C23H25N5O3S/c1-15-12-20(31-3)9-6-17(15)4-5-18-13-25-23(28-22(18)26-16(2)14-29)27-19-7-10-21(11-8-19)32(24)30/h6-13,16,24,29,32H,14H2,1-3H3,(H2,25,26,27,28)/t16-/m1/s1. The maximum atomic E-state index is 11.3. The highest BCUT2D eigenvalue weighted by Crippen LogP contribution is 2.20. The molecule has 3 aromatic rings. The second kappa shape index (κ2) is 10.6. The molecule has 9 heteroatoms. The van der Waals surface area contributed by atoms with Crippen molar-refractivity contribution in [3.63, 3.8) is 0 Å². The minimum atomic E-state index is -2.13. The fourth-order valence-corrected chi connectivity index (χ4v) is 3.19. The fraction of sp³-hybridized carbons (Fsp3) is 0.217. The number of benzene rings is 2. The molecule has 0 aliphatic carbocycles. The smallest absolute Gasteiger partial charge is 0.229 e. The van der Waals surface area contributed by atoms with Gasteiger partial charge in [-0.15, -0.1) is 0 Å². The average Bonchev–Trinajstić information content (AvgIpc) is 2.79. The van der Waals surface area contributed by atoms with Gasteiger partial charge in [0, 0.05) is 22.2 Å². The molecule has 2 aromatic carbocycles. The van der Waals surface area contributed by atoms with Crippen LogP contribution in [-0.4, -0.2) is 39.0 Å². The number of thiol groups is 1. The van der Waals surface area contributed by atoms with Crippen LogP contribution in [0.4, 0.5) is 17.5 Å². The Labute approximate surface area is 189 Å². The SMILES string of the molecule is COc1ccc(C#Cc2cnc(Nc3ccc([SH](=N)=O)cc3)nc2N[C@H](C)CO)c(C)c1. The number of hydrogen-bond acceptors (Lipinski definition) is 8. The van der Waals surface area contributed by atoms with Crippen LogP contribution in [0.1, 0.15) is 23.6 Å². The van der Waals surface area contributed by atoms with Gasteiger partial charge in [-0.3, -0.25) is 4.78 Å². The Morgan fingerprint density at radius 3 is 2.53 bits per heavy atom. The van der Waals surface area contributed by atoms with E-state index in [4.69, 9.17) is 9.52 Å². The number of methoxy groups -OCH3 is 1. The van der Waals surface area contributed by atoms with Crippen molar-refractivity contribution in [3.8, 4) is 17.6 Å². The van der Waals surface area contributed by atoms with Gasteiger partial charge in [-0.2, -0.15) is 4.98 Å². The lowest BCUT2D eigenvalue weighted by atomic mass is 10.1. The highest BCUT2D eigenvalue weighted by molar-refractivity contribution is 7.73. The van der Waals surface area contributed by atoms with E-state index in [1.807, 2.05) is 32.0 Å². The molecule has 0 radical (unpaired) electrons. The lowest BCUT2D eigenvalue weighted by Gasteiger charge is -2.14. The van der Waals surface area contributed by atoms with Crippen molar-refractivity contribution >= 4 is 28.0 Å². The van der Waals surface area contributed by atoms with Crippen LogP contribution < -0.4 is 15.4 Å². The van der Waals surface area contributed by atoms with Gasteiger partial charge in [0.1, 0.15) is 11.6 Å². The summed E-state index contributed by atoms with van der Waals surface area (Å²) in [5.74, 6) is 7.86. The molecule has 32 heavy (non-hydrogen) atoms. The molecule has 0 saturated carbocycles. The van der Waals surface area contributed by atoms with E-state index >= 15 is 0 Å². The quantitative estimate of drug-likeness (QED) is 0.276. The van der Waals surface area contributed by atoms with Crippen LogP contribution in [0.3, 0.4) is 0 Å².